The van der Waals surface area contributed by atoms with Gasteiger partial charge in [-0.1, -0.05) is 19.1 Å². The fourth-order valence-electron chi connectivity index (χ4n) is 7.01. The van der Waals surface area contributed by atoms with Gasteiger partial charge in [-0.25, -0.2) is 22.6 Å². The summed E-state index contributed by atoms with van der Waals surface area (Å²) in [6.07, 6.45) is 3.39. The lowest BCUT2D eigenvalue weighted by molar-refractivity contribution is -0.145. The van der Waals surface area contributed by atoms with Crippen molar-refractivity contribution in [2.45, 2.75) is 106 Å². The first kappa shape index (κ1) is 37.3. The van der Waals surface area contributed by atoms with Gasteiger partial charge in [0.05, 0.1) is 42.2 Å². The van der Waals surface area contributed by atoms with Crippen molar-refractivity contribution in [3.63, 3.8) is 0 Å². The molecule has 0 unspecified atom stereocenters. The van der Waals surface area contributed by atoms with E-state index in [1.54, 1.807) is 26.8 Å². The zero-order valence-corrected chi connectivity index (χ0v) is 30.2. The number of carbonyl (C=O) groups excluding carboxylic acids is 3. The number of amides is 4. The number of fused-ring (bicyclic) bond motifs is 3. The van der Waals surface area contributed by atoms with Gasteiger partial charge in [-0.15, -0.1) is 0 Å². The van der Waals surface area contributed by atoms with Crippen LogP contribution in [0.25, 0.3) is 10.8 Å². The van der Waals surface area contributed by atoms with Crippen LogP contribution in [0.1, 0.15) is 65.7 Å². The second-order valence-corrected chi connectivity index (χ2v) is 16.5. The topological polar surface area (TPSA) is 203 Å². The van der Waals surface area contributed by atoms with Gasteiger partial charge in [0.1, 0.15) is 35.3 Å². The van der Waals surface area contributed by atoms with E-state index >= 15 is 0 Å². The number of nitrogens with one attached hydrogen (secondary N) is 3. The highest BCUT2D eigenvalue weighted by Gasteiger charge is 2.63. The molecule has 4 amide bonds. The van der Waals surface area contributed by atoms with Crippen LogP contribution in [0.15, 0.2) is 36.5 Å². The maximum Gasteiger partial charge on any atom is 0.405 e. The van der Waals surface area contributed by atoms with Crippen LogP contribution in [-0.2, 0) is 29.1 Å². The van der Waals surface area contributed by atoms with E-state index in [-0.39, 0.29) is 37.1 Å². The third-order valence-electron chi connectivity index (χ3n) is 10.6. The zero-order chi connectivity index (χ0) is 37.6. The molecule has 282 valence electrons. The number of carboxylic acid groups (broad SMARTS) is 1. The number of allylic oxidation sites excluding steroid dienone is 1. The van der Waals surface area contributed by atoms with E-state index in [0.717, 1.165) is 0 Å². The fourth-order valence-corrected chi connectivity index (χ4v) is 8.33. The van der Waals surface area contributed by atoms with Crippen LogP contribution in [0.2, 0.25) is 0 Å². The fraction of sp³-hybridized carbons (Fsp3) is 0.571. The van der Waals surface area contributed by atoms with Crippen molar-refractivity contribution in [1.29, 1.82) is 0 Å². The van der Waals surface area contributed by atoms with Crippen LogP contribution in [0.3, 0.4) is 0 Å². The summed E-state index contributed by atoms with van der Waals surface area (Å²) < 4.78 is 59.5. The van der Waals surface area contributed by atoms with Gasteiger partial charge in [0.2, 0.25) is 27.7 Å². The molecule has 7 atom stereocenters. The second-order valence-electron chi connectivity index (χ2n) is 14.3. The van der Waals surface area contributed by atoms with Crippen LogP contribution >= 0.6 is 0 Å². The van der Waals surface area contributed by atoms with Crippen molar-refractivity contribution >= 4 is 44.6 Å². The highest BCUT2D eigenvalue weighted by molar-refractivity contribution is 7.91. The number of hydrogen-bond acceptors (Lipinski definition) is 10. The Balaban J connectivity index is 1.36. The maximum absolute atomic E-state index is 14.4. The summed E-state index contributed by atoms with van der Waals surface area (Å²) in [7, 11) is -2.60. The van der Waals surface area contributed by atoms with Crippen molar-refractivity contribution in [2.75, 3.05) is 13.7 Å². The summed E-state index contributed by atoms with van der Waals surface area (Å²) in [5.41, 5.74) is -1.61. The number of nitrogens with zero attached hydrogens (tertiary/aromatic N) is 2. The van der Waals surface area contributed by atoms with Crippen molar-refractivity contribution < 1.29 is 51.3 Å². The van der Waals surface area contributed by atoms with Gasteiger partial charge in [0, 0.05) is 17.7 Å². The molecular weight excluding hydrogens is 701 g/mol. The predicted molar refractivity (Wildman–Crippen MR) is 184 cm³/mol. The number of methoxy groups -OCH3 is 1. The molecule has 4 aliphatic rings. The lowest BCUT2D eigenvalue weighted by Gasteiger charge is -2.33. The Kier molecular flexibility index (Phi) is 10.1. The number of hydrogen-bond donors (Lipinski definition) is 4. The molecule has 3 heterocycles. The minimum Gasteiger partial charge on any atom is -0.494 e. The Bertz CT molecular complexity index is 1910. The van der Waals surface area contributed by atoms with Gasteiger partial charge in [-0.05, 0) is 70.6 Å². The van der Waals surface area contributed by atoms with E-state index in [0.29, 0.717) is 36.8 Å². The zero-order valence-electron chi connectivity index (χ0n) is 29.4. The maximum atomic E-state index is 14.4. The average Bonchev–Trinajstić information content (AvgIpc) is 3.97. The molecule has 0 radical (unpaired) electrons. The van der Waals surface area contributed by atoms with E-state index in [9.17, 15) is 37.1 Å². The molecule has 2 aliphatic carbocycles. The average molecular weight is 746 g/mol. The molecule has 2 aromatic rings. The normalized spacial score (nSPS) is 30.2. The highest BCUT2D eigenvalue weighted by Crippen LogP contribution is 2.47. The summed E-state index contributed by atoms with van der Waals surface area (Å²) in [5.74, 6) is -3.10. The SMILES string of the molecule is CC[C@@H]1O[C@H](C)CCC=C[C@@H]2C[C@@]2(C(=O)NS(=O)(=O)C2(C)CC2)NC(=O)[C@@H]2C[C@@H](Oc3ncc(OC)c4ccc(F)cc34)CN2C(=O)[C@H]1NC(=O)O. The highest BCUT2D eigenvalue weighted by atomic mass is 32.2. The number of halogens is 1. The molecule has 15 nitrogen and oxygen atoms in total. The Labute approximate surface area is 300 Å². The molecule has 1 saturated heterocycles. The lowest BCUT2D eigenvalue weighted by Crippen LogP contribution is -2.60. The van der Waals surface area contributed by atoms with E-state index < -0.39 is 86.3 Å². The Morgan fingerprint density at radius 3 is 2.65 bits per heavy atom. The Morgan fingerprint density at radius 2 is 1.98 bits per heavy atom. The first-order valence-electron chi connectivity index (χ1n) is 17.4. The van der Waals surface area contributed by atoms with Crippen molar-refractivity contribution in [2.24, 2.45) is 5.92 Å². The third-order valence-corrected chi connectivity index (χ3v) is 12.7. The Hall–Kier alpha value is -4.51. The van der Waals surface area contributed by atoms with E-state index in [4.69, 9.17) is 14.2 Å². The van der Waals surface area contributed by atoms with Crippen molar-refractivity contribution in [1.82, 2.24) is 25.2 Å². The smallest absolute Gasteiger partial charge is 0.405 e. The van der Waals surface area contributed by atoms with Crippen LogP contribution < -0.4 is 24.8 Å². The van der Waals surface area contributed by atoms with Gasteiger partial charge in [0.15, 0.2) is 0 Å². The monoisotopic (exact) mass is 745 g/mol. The minimum atomic E-state index is -4.04. The molecule has 1 aromatic heterocycles. The van der Waals surface area contributed by atoms with Gasteiger partial charge < -0.3 is 34.9 Å². The number of ether oxygens (including phenoxy) is 3. The van der Waals surface area contributed by atoms with Crippen LogP contribution in [0, 0.1) is 11.7 Å². The van der Waals surface area contributed by atoms with E-state index in [1.807, 2.05) is 6.08 Å². The number of carbonyl (C=O) groups is 4. The quantitative estimate of drug-likeness (QED) is 0.290. The number of benzene rings is 1. The predicted octanol–water partition coefficient (Wildman–Crippen LogP) is 2.77. The summed E-state index contributed by atoms with van der Waals surface area (Å²) in [6.45, 7) is 4.89. The summed E-state index contributed by atoms with van der Waals surface area (Å²) in [4.78, 5) is 60.0. The number of rotatable bonds is 8. The lowest BCUT2D eigenvalue weighted by atomic mass is 10.0. The molecular formula is C35H44FN5O10S. The minimum absolute atomic E-state index is 0.0155. The molecule has 4 N–H and O–H groups in total. The summed E-state index contributed by atoms with van der Waals surface area (Å²) >= 11 is 0. The molecule has 0 bridgehead atoms. The van der Waals surface area contributed by atoms with Crippen LogP contribution in [0.4, 0.5) is 9.18 Å². The molecule has 17 heteroatoms. The van der Waals surface area contributed by atoms with Crippen molar-refractivity contribution in [3.8, 4) is 11.6 Å². The standard InChI is InChI=1S/C35H44FN5O10S/c1-5-26-28(38-33(45)46)31(43)41-18-22(51-30-24-14-21(36)10-11-23(24)27(49-4)17-37-30)15-25(41)29(42)39-35(16-20(35)9-7-6-8-19(2)50-26)32(44)40-52(47,48)34(3)12-13-34/h7,9-11,14,17,19-20,22,25-26,28,38H,5-6,8,12-13,15-16,18H2,1-4H3,(H,39,42)(H,40,44)(H,45,46)/t19-,20-,22-,25+,26+,28+,35-/m1/s1. The molecule has 2 aliphatic heterocycles. The van der Waals surface area contributed by atoms with Gasteiger partial charge in [-0.3, -0.25) is 19.1 Å². The number of pyridine rings is 1. The van der Waals surface area contributed by atoms with Crippen molar-refractivity contribution in [3.05, 3.63) is 42.4 Å². The number of aromatic nitrogens is 1. The molecule has 2 saturated carbocycles. The summed E-state index contributed by atoms with van der Waals surface area (Å²) in [6, 6.07) is 1.29. The molecule has 6 rings (SSSR count). The molecule has 3 fully saturated rings. The van der Waals surface area contributed by atoms with Gasteiger partial charge in [0.25, 0.3) is 5.91 Å². The largest absolute Gasteiger partial charge is 0.494 e. The van der Waals surface area contributed by atoms with E-state index in [2.05, 4.69) is 20.3 Å². The first-order chi connectivity index (χ1) is 24.6. The summed E-state index contributed by atoms with van der Waals surface area (Å²) in [5, 5.41) is 15.6. The van der Waals surface area contributed by atoms with E-state index in [1.165, 1.54) is 36.4 Å². The van der Waals surface area contributed by atoms with Crippen LogP contribution in [0.5, 0.6) is 11.6 Å². The second kappa shape index (κ2) is 14.1. The molecule has 52 heavy (non-hydrogen) atoms. The first-order valence-corrected chi connectivity index (χ1v) is 18.9. The van der Waals surface area contributed by atoms with Crippen LogP contribution in [-0.4, -0.2) is 102 Å². The Morgan fingerprint density at radius 1 is 1.23 bits per heavy atom. The molecule has 0 spiro atoms. The molecule has 1 aromatic carbocycles. The third kappa shape index (κ3) is 7.24. The number of sulfonamides is 1. The van der Waals surface area contributed by atoms with Gasteiger partial charge in [-0.2, -0.15) is 0 Å². The van der Waals surface area contributed by atoms with Gasteiger partial charge >= 0.3 is 6.09 Å².